The van der Waals surface area contributed by atoms with Crippen molar-refractivity contribution in [3.8, 4) is 11.1 Å². The molecule has 0 saturated heterocycles. The molecule has 0 amide bonds. The third kappa shape index (κ3) is 15.0. The molecule has 0 radical (unpaired) electrons. The van der Waals surface area contributed by atoms with Crippen LogP contribution in [0.25, 0.3) is 43.5 Å². The molecule has 8 saturated carbocycles. The summed E-state index contributed by atoms with van der Waals surface area (Å²) in [6.45, 7) is 12.6. The number of rotatable bonds is 25. The van der Waals surface area contributed by atoms with Gasteiger partial charge in [0.15, 0.2) is 0 Å². The number of aryl methyl sites for hydroxylation is 4. The van der Waals surface area contributed by atoms with Crippen molar-refractivity contribution in [2.75, 3.05) is 19.6 Å². The Morgan fingerprint density at radius 1 is 0.293 bits per heavy atom. The lowest BCUT2D eigenvalue weighted by atomic mass is 9.41. The number of para-hydroxylation sites is 2. The molecule has 24 rings (SSSR count). The summed E-state index contributed by atoms with van der Waals surface area (Å²) in [5.74, 6) is 3.25. The number of fused-ring (bicyclic) bond motifs is 4. The molecule has 5 heteroatoms. The number of hydrogen-bond acceptors (Lipinski definition) is 5. The molecule has 4 nitrogen and oxygen atoms in total. The minimum atomic E-state index is 0.244. The van der Waals surface area contributed by atoms with E-state index in [2.05, 4.69) is 386 Å². The number of anilines is 12. The molecule has 14 aromatic carbocycles. The highest BCUT2D eigenvalue weighted by atomic mass is 32.1. The van der Waals surface area contributed by atoms with Crippen LogP contribution in [0.2, 0.25) is 0 Å². The Balaban J connectivity index is 0.000000151. The van der Waals surface area contributed by atoms with Crippen molar-refractivity contribution in [2.24, 2.45) is 23.7 Å². The summed E-state index contributed by atoms with van der Waals surface area (Å²) in [5, 5.41) is 2.65. The van der Waals surface area contributed by atoms with Gasteiger partial charge in [0.25, 0.3) is 0 Å². The maximum absolute atomic E-state index is 4.03. The van der Waals surface area contributed by atoms with Gasteiger partial charge < -0.3 is 19.6 Å². The van der Waals surface area contributed by atoms with E-state index in [-0.39, 0.29) is 16.2 Å². The van der Waals surface area contributed by atoms with Gasteiger partial charge >= 0.3 is 0 Å². The molecule has 9 aliphatic carbocycles. The van der Waals surface area contributed by atoms with E-state index in [1.54, 1.807) is 22.3 Å². The van der Waals surface area contributed by atoms with Crippen LogP contribution >= 0.6 is 11.3 Å². The second-order valence-corrected chi connectivity index (χ2v) is 38.8. The monoisotopic (exact) mass is 1620 g/mol. The summed E-state index contributed by atoms with van der Waals surface area (Å²) in [6, 6.07) is 129. The topological polar surface area (TPSA) is 13.0 Å². The first kappa shape index (κ1) is 78.2. The van der Waals surface area contributed by atoms with Gasteiger partial charge in [0, 0.05) is 88.4 Å². The first-order chi connectivity index (χ1) is 60.5. The Morgan fingerprint density at radius 2 is 0.593 bits per heavy atom. The highest BCUT2D eigenvalue weighted by Gasteiger charge is 2.60. The van der Waals surface area contributed by atoms with E-state index in [1.807, 2.05) is 23.5 Å². The van der Waals surface area contributed by atoms with E-state index in [1.165, 1.54) is 219 Å². The van der Waals surface area contributed by atoms with Gasteiger partial charge in [-0.05, 0) is 385 Å². The van der Waals surface area contributed by atoms with Crippen LogP contribution in [0.5, 0.6) is 0 Å². The van der Waals surface area contributed by atoms with Crippen LogP contribution in [-0.4, -0.2) is 0 Å². The van der Waals surface area contributed by atoms with Crippen LogP contribution in [0.4, 0.5) is 68.2 Å². The van der Waals surface area contributed by atoms with Crippen molar-refractivity contribution in [1.82, 2.24) is 0 Å². The summed E-state index contributed by atoms with van der Waals surface area (Å²) in [6.07, 6.45) is 29.4. The van der Waals surface area contributed by atoms with Crippen LogP contribution in [-0.2, 0) is 47.3 Å². The number of unbranched alkanes of at least 4 members (excludes halogenated alkanes) is 2. The minimum Gasteiger partial charge on any atom is -0.311 e. The fraction of sp³-hybridized carbons (Fsp3) is 0.254. The predicted octanol–water partition coefficient (Wildman–Crippen LogP) is 32.9. The van der Waals surface area contributed by atoms with Gasteiger partial charge in [-0.2, -0.15) is 0 Å². The molecule has 4 unspecified atom stereocenters. The molecule has 4 atom stereocenters. The maximum Gasteiger partial charge on any atom is 0.0468 e. The average Bonchev–Trinajstić information content (AvgIpc) is 1.05. The third-order valence-electron chi connectivity index (χ3n) is 29.9. The molecule has 123 heavy (non-hydrogen) atoms. The fourth-order valence-electron chi connectivity index (χ4n) is 24.6. The molecule has 0 spiro atoms. The third-order valence-corrected chi connectivity index (χ3v) is 31.0. The average molecular weight is 1620 g/mol. The number of benzene rings is 14. The van der Waals surface area contributed by atoms with Crippen molar-refractivity contribution in [1.29, 1.82) is 0 Å². The molecule has 15 aromatic rings. The fourth-order valence-corrected chi connectivity index (χ4v) is 25.7. The largest absolute Gasteiger partial charge is 0.311 e. The summed E-state index contributed by atoms with van der Waals surface area (Å²) >= 11 is 1.88. The lowest BCUT2D eigenvalue weighted by Crippen LogP contribution is -2.55. The van der Waals surface area contributed by atoms with Gasteiger partial charge in [-0.3, -0.25) is 0 Å². The summed E-state index contributed by atoms with van der Waals surface area (Å²) in [5.41, 5.74) is 32.0. The summed E-state index contributed by atoms with van der Waals surface area (Å²) < 4.78 is 2.67. The second kappa shape index (κ2) is 33.0. The quantitative estimate of drug-likeness (QED) is 0.0565. The number of thiophene rings is 1. The molecular formula is C118H112N4S. The van der Waals surface area contributed by atoms with Crippen LogP contribution in [0.15, 0.2) is 353 Å². The van der Waals surface area contributed by atoms with Crippen LogP contribution in [0.3, 0.4) is 0 Å². The molecule has 1 aromatic heterocycles. The van der Waals surface area contributed by atoms with Crippen LogP contribution in [0.1, 0.15) is 172 Å². The van der Waals surface area contributed by atoms with Crippen molar-refractivity contribution >= 4 is 112 Å². The van der Waals surface area contributed by atoms with E-state index >= 15 is 0 Å². The molecule has 0 aliphatic heterocycles. The zero-order valence-electron chi connectivity index (χ0n) is 71.5. The highest BCUT2D eigenvalue weighted by Crippen LogP contribution is 2.68. The SMILES string of the molecule is C=Cc1ccc(C23CC4CC(C2)CC(c2ccc(N(c5ccc(CCCC)cc5)c5ccc(-c6ccc(N(c7ccccc7)c7ccccc7)cc6)cc5)cc2)(C4)C3)cc1.C=Cc1ccc(C23CC4CC(C2)CC(c2ccc(N(c5ccc(CCCC)cc5)c5ccc(N(c6ccc7c(c6)CC7)c6ccc7sc8ccccc8c7c6)cc5)cc2)(C4)C3)cc1. The zero-order chi connectivity index (χ0) is 82.6. The van der Waals surface area contributed by atoms with Crippen molar-refractivity contribution in [3.05, 3.63) is 409 Å². The smallest absolute Gasteiger partial charge is 0.0468 e. The first-order valence-corrected chi connectivity index (χ1v) is 46.8. The Labute approximate surface area is 733 Å². The lowest BCUT2D eigenvalue weighted by Gasteiger charge is -2.63. The van der Waals surface area contributed by atoms with E-state index in [0.29, 0.717) is 5.41 Å². The second-order valence-electron chi connectivity index (χ2n) is 37.7. The molecule has 8 bridgehead atoms. The van der Waals surface area contributed by atoms with Gasteiger partial charge in [0.2, 0.25) is 0 Å². The molecule has 0 N–H and O–H groups in total. The maximum atomic E-state index is 4.03. The van der Waals surface area contributed by atoms with Gasteiger partial charge in [-0.25, -0.2) is 0 Å². The lowest BCUT2D eigenvalue weighted by molar-refractivity contribution is -0.0282. The molecule has 1 heterocycles. The van der Waals surface area contributed by atoms with Gasteiger partial charge in [0.05, 0.1) is 0 Å². The van der Waals surface area contributed by atoms with Gasteiger partial charge in [-0.1, -0.05) is 234 Å². The van der Waals surface area contributed by atoms with E-state index in [9.17, 15) is 0 Å². The Hall–Kier alpha value is -12.0. The number of hydrogen-bond donors (Lipinski definition) is 0. The Kier molecular flexibility index (Phi) is 21.0. The minimum absolute atomic E-state index is 0.244. The van der Waals surface area contributed by atoms with Crippen molar-refractivity contribution in [3.63, 3.8) is 0 Å². The standard InChI is InChI=1S/C60H56N2S.C58H56N2/c1-3-5-8-42-13-22-49(23-14-42)61(50-25-20-48(21-26-50)60-38-43-33-44(39-60)37-59(36-43,40-60)47-18-11-41(4-2)12-19-47)51-27-29-52(30-28-51)62(53-24-17-45-15-16-46(45)34-53)54-31-32-58-56(35-54)55-9-6-7-10-57(55)63-58;1-3-5-12-44-19-29-53(30-20-44)60(55-33-23-48(24-34-55)47-21-31-54(32-22-47)59(51-13-8-6-9-14-51)52-15-10-7-11-16-52)56-35-27-50(28-36-56)58-40-45-37-46(41-58)39-57(38-45,42-58)49-25-17-43(4-2)18-26-49/h4,6-7,9-14,17-32,34-35,43-44H,2-3,5,8,15-16,33,36-40H2,1H3;4,6-11,13-36,45-46H,2-3,5,12,37-42H2,1H3. The van der Waals surface area contributed by atoms with Crippen molar-refractivity contribution in [2.45, 2.75) is 164 Å². The summed E-state index contributed by atoms with van der Waals surface area (Å²) in [4.78, 5) is 9.69. The number of nitrogens with zero attached hydrogens (tertiary/aromatic N) is 4. The first-order valence-electron chi connectivity index (χ1n) is 46.0. The molecule has 610 valence electrons. The Bertz CT molecular complexity index is 6200. The molecular weight excluding hydrogens is 1510 g/mol. The predicted molar refractivity (Wildman–Crippen MR) is 524 cm³/mol. The molecule has 8 fully saturated rings. The highest BCUT2D eigenvalue weighted by molar-refractivity contribution is 7.25. The van der Waals surface area contributed by atoms with Gasteiger partial charge in [0.1, 0.15) is 0 Å². The zero-order valence-corrected chi connectivity index (χ0v) is 72.4. The van der Waals surface area contributed by atoms with Crippen LogP contribution < -0.4 is 19.6 Å². The summed E-state index contributed by atoms with van der Waals surface area (Å²) in [7, 11) is 0. The normalized spacial score (nSPS) is 21.7. The van der Waals surface area contributed by atoms with E-state index < -0.39 is 0 Å². The Morgan fingerprint density at radius 3 is 0.959 bits per heavy atom. The van der Waals surface area contributed by atoms with E-state index in [4.69, 9.17) is 0 Å². The van der Waals surface area contributed by atoms with E-state index in [0.717, 1.165) is 65.7 Å². The molecule has 9 aliphatic rings. The van der Waals surface area contributed by atoms with Crippen molar-refractivity contribution < 1.29 is 0 Å². The van der Waals surface area contributed by atoms with Crippen LogP contribution in [0, 0.1) is 23.7 Å². The van der Waals surface area contributed by atoms with Gasteiger partial charge in [-0.15, -0.1) is 11.3 Å².